The quantitative estimate of drug-likeness (QED) is 0.840. The van der Waals surface area contributed by atoms with E-state index in [4.69, 9.17) is 0 Å². The van der Waals surface area contributed by atoms with E-state index in [1.54, 1.807) is 0 Å². The summed E-state index contributed by atoms with van der Waals surface area (Å²) >= 11 is 0. The van der Waals surface area contributed by atoms with Gasteiger partial charge in [0.25, 0.3) is 0 Å². The van der Waals surface area contributed by atoms with Gasteiger partial charge in [-0.15, -0.1) is 0 Å². The van der Waals surface area contributed by atoms with Gasteiger partial charge >= 0.3 is 0 Å². The molecule has 0 radical (unpaired) electrons. The van der Waals surface area contributed by atoms with Crippen LogP contribution in [0.25, 0.3) is 0 Å². The molecule has 3 heteroatoms. The first-order valence-corrected chi connectivity index (χ1v) is 9.78. The summed E-state index contributed by atoms with van der Waals surface area (Å²) in [4.78, 5) is 15.0. The first kappa shape index (κ1) is 18.5. The van der Waals surface area contributed by atoms with Gasteiger partial charge in [-0.1, -0.05) is 48.0 Å². The molecule has 2 aromatic carbocycles. The van der Waals surface area contributed by atoms with Gasteiger partial charge in [0, 0.05) is 30.7 Å². The number of aryl methyl sites for hydroxylation is 2. The molecular formula is C23H30N2O. The number of hydrogen-bond donors (Lipinski definition) is 1. The molecule has 0 bridgehead atoms. The number of nitrogens with one attached hydrogen (secondary N) is 1. The topological polar surface area (TPSA) is 32.3 Å². The molecular weight excluding hydrogens is 320 g/mol. The highest BCUT2D eigenvalue weighted by Gasteiger charge is 2.25. The van der Waals surface area contributed by atoms with E-state index in [0.29, 0.717) is 0 Å². The normalized spacial score (nSPS) is 16.3. The van der Waals surface area contributed by atoms with Crippen LogP contribution in [0.5, 0.6) is 0 Å². The van der Waals surface area contributed by atoms with Crippen molar-refractivity contribution in [2.45, 2.75) is 45.6 Å². The van der Waals surface area contributed by atoms with Gasteiger partial charge < -0.3 is 10.2 Å². The minimum atomic E-state index is 0.149. The van der Waals surface area contributed by atoms with E-state index in [1.165, 1.54) is 16.8 Å². The molecule has 0 aromatic heterocycles. The monoisotopic (exact) mass is 350 g/mol. The van der Waals surface area contributed by atoms with Gasteiger partial charge in [-0.05, 0) is 57.2 Å². The van der Waals surface area contributed by atoms with Crippen LogP contribution >= 0.6 is 0 Å². The number of benzene rings is 2. The molecule has 1 aliphatic heterocycles. The second-order valence-electron chi connectivity index (χ2n) is 7.53. The molecule has 1 N–H and O–H groups in total. The Kier molecular flexibility index (Phi) is 6.32. The zero-order valence-corrected chi connectivity index (χ0v) is 15.9. The van der Waals surface area contributed by atoms with E-state index in [0.717, 1.165) is 38.8 Å². The smallest absolute Gasteiger partial charge is 0.223 e. The van der Waals surface area contributed by atoms with Gasteiger partial charge in [0.1, 0.15) is 0 Å². The number of anilines is 1. The molecule has 2 aromatic rings. The Balaban J connectivity index is 1.42. The van der Waals surface area contributed by atoms with Gasteiger partial charge in [0.15, 0.2) is 0 Å². The van der Waals surface area contributed by atoms with E-state index in [-0.39, 0.29) is 17.9 Å². The van der Waals surface area contributed by atoms with Crippen molar-refractivity contribution < 1.29 is 4.79 Å². The average molecular weight is 351 g/mol. The maximum absolute atomic E-state index is 12.6. The van der Waals surface area contributed by atoms with E-state index in [2.05, 4.69) is 72.6 Å². The lowest BCUT2D eigenvalue weighted by Crippen LogP contribution is -2.43. The van der Waals surface area contributed by atoms with Crippen LogP contribution in [-0.4, -0.2) is 25.0 Å². The highest BCUT2D eigenvalue weighted by Crippen LogP contribution is 2.24. The van der Waals surface area contributed by atoms with Crippen molar-refractivity contribution in [3.63, 3.8) is 0 Å². The average Bonchev–Trinajstić information content (AvgIpc) is 2.68. The summed E-state index contributed by atoms with van der Waals surface area (Å²) in [6.45, 7) is 6.14. The highest BCUT2D eigenvalue weighted by molar-refractivity contribution is 5.79. The maximum atomic E-state index is 12.6. The van der Waals surface area contributed by atoms with Crippen molar-refractivity contribution in [1.29, 1.82) is 0 Å². The summed E-state index contributed by atoms with van der Waals surface area (Å²) in [5, 5.41) is 3.22. The zero-order valence-electron chi connectivity index (χ0n) is 15.9. The van der Waals surface area contributed by atoms with Gasteiger partial charge in [-0.3, -0.25) is 4.79 Å². The fraction of sp³-hybridized carbons (Fsp3) is 0.435. The molecule has 1 aliphatic rings. The Hall–Kier alpha value is -2.29. The first-order chi connectivity index (χ1) is 12.6. The number of carbonyl (C=O) groups excluding carboxylic acids is 1. The van der Waals surface area contributed by atoms with E-state index >= 15 is 0 Å². The third-order valence-electron chi connectivity index (χ3n) is 5.36. The predicted molar refractivity (Wildman–Crippen MR) is 108 cm³/mol. The second-order valence-corrected chi connectivity index (χ2v) is 7.53. The lowest BCUT2D eigenvalue weighted by atomic mass is 9.94. The largest absolute Gasteiger partial charge is 0.371 e. The number of nitrogens with zero attached hydrogens (tertiary/aromatic N) is 1. The fourth-order valence-electron chi connectivity index (χ4n) is 3.62. The molecule has 3 nitrogen and oxygen atoms in total. The Labute approximate surface area is 157 Å². The molecule has 0 unspecified atom stereocenters. The summed E-state index contributed by atoms with van der Waals surface area (Å²) in [7, 11) is 0. The Morgan fingerprint density at radius 2 is 1.73 bits per heavy atom. The van der Waals surface area contributed by atoms with Crippen LogP contribution in [0.1, 0.15) is 37.3 Å². The molecule has 0 saturated carbocycles. The van der Waals surface area contributed by atoms with Crippen LogP contribution in [0, 0.1) is 12.8 Å². The van der Waals surface area contributed by atoms with Crippen LogP contribution in [0.15, 0.2) is 54.6 Å². The number of rotatable bonds is 6. The summed E-state index contributed by atoms with van der Waals surface area (Å²) in [5.41, 5.74) is 3.89. The molecule has 0 spiro atoms. The number of amides is 1. The molecule has 3 rings (SSSR count). The van der Waals surface area contributed by atoms with Gasteiger partial charge in [-0.2, -0.15) is 0 Å². The molecule has 0 aliphatic carbocycles. The van der Waals surface area contributed by atoms with Crippen LogP contribution in [0.4, 0.5) is 5.69 Å². The molecule has 138 valence electrons. The van der Waals surface area contributed by atoms with E-state index in [1.807, 2.05) is 6.07 Å². The third kappa shape index (κ3) is 5.10. The van der Waals surface area contributed by atoms with Crippen LogP contribution in [-0.2, 0) is 11.2 Å². The number of hydrogen-bond acceptors (Lipinski definition) is 2. The Morgan fingerprint density at radius 3 is 2.38 bits per heavy atom. The Bertz CT molecular complexity index is 688. The van der Waals surface area contributed by atoms with Gasteiger partial charge in [-0.25, -0.2) is 0 Å². The van der Waals surface area contributed by atoms with Crippen LogP contribution in [0.2, 0.25) is 0 Å². The van der Waals surface area contributed by atoms with E-state index in [9.17, 15) is 4.79 Å². The summed E-state index contributed by atoms with van der Waals surface area (Å²) in [6.07, 6.45) is 3.86. The third-order valence-corrected chi connectivity index (χ3v) is 5.36. The van der Waals surface area contributed by atoms with Gasteiger partial charge in [0.05, 0.1) is 0 Å². The molecule has 1 heterocycles. The summed E-state index contributed by atoms with van der Waals surface area (Å²) in [6, 6.07) is 19.4. The minimum Gasteiger partial charge on any atom is -0.371 e. The molecule has 1 fully saturated rings. The molecule has 1 saturated heterocycles. The van der Waals surface area contributed by atoms with Crippen LogP contribution in [0.3, 0.4) is 0 Å². The van der Waals surface area contributed by atoms with Gasteiger partial charge in [0.2, 0.25) is 5.91 Å². The molecule has 1 amide bonds. The number of carbonyl (C=O) groups is 1. The van der Waals surface area contributed by atoms with Crippen molar-refractivity contribution in [3.8, 4) is 0 Å². The maximum Gasteiger partial charge on any atom is 0.223 e. The van der Waals surface area contributed by atoms with Crippen molar-refractivity contribution in [2.75, 3.05) is 18.0 Å². The predicted octanol–water partition coefficient (Wildman–Crippen LogP) is 4.35. The van der Waals surface area contributed by atoms with Crippen molar-refractivity contribution >= 4 is 11.6 Å². The number of piperidine rings is 1. The van der Waals surface area contributed by atoms with Crippen molar-refractivity contribution in [2.24, 2.45) is 5.92 Å². The van der Waals surface area contributed by atoms with Crippen LogP contribution < -0.4 is 10.2 Å². The second kappa shape index (κ2) is 8.88. The van der Waals surface area contributed by atoms with E-state index < -0.39 is 0 Å². The Morgan fingerprint density at radius 1 is 1.08 bits per heavy atom. The summed E-state index contributed by atoms with van der Waals surface area (Å²) < 4.78 is 0. The highest BCUT2D eigenvalue weighted by atomic mass is 16.1. The lowest BCUT2D eigenvalue weighted by Gasteiger charge is -2.33. The summed E-state index contributed by atoms with van der Waals surface area (Å²) in [5.74, 6) is 0.380. The minimum absolute atomic E-state index is 0.149. The van der Waals surface area contributed by atoms with Crippen molar-refractivity contribution in [3.05, 3.63) is 65.7 Å². The zero-order chi connectivity index (χ0) is 18.4. The standard InChI is InChI=1S/C23H30N2O/c1-18-8-12-22(13-9-18)25-16-14-21(15-17-25)23(26)24-19(2)10-11-20-6-4-3-5-7-20/h3-9,12-13,19,21H,10-11,14-17H2,1-2H3,(H,24,26)/t19-/m1/s1. The first-order valence-electron chi connectivity index (χ1n) is 9.78. The molecule has 26 heavy (non-hydrogen) atoms. The van der Waals surface area contributed by atoms with Crippen molar-refractivity contribution in [1.82, 2.24) is 5.32 Å². The molecule has 1 atom stereocenters. The fourth-order valence-corrected chi connectivity index (χ4v) is 3.62. The lowest BCUT2D eigenvalue weighted by molar-refractivity contribution is -0.126. The SMILES string of the molecule is Cc1ccc(N2CCC(C(=O)N[C@H](C)CCc3ccccc3)CC2)cc1.